The highest BCUT2D eigenvalue weighted by molar-refractivity contribution is 5.78. The van der Waals surface area contributed by atoms with Crippen LogP contribution in [0.2, 0.25) is 0 Å². The molecule has 0 atom stereocenters. The lowest BCUT2D eigenvalue weighted by Gasteiger charge is -2.08. The molecule has 1 aromatic heterocycles. The fourth-order valence-electron chi connectivity index (χ4n) is 1.69. The average molecular weight is 205 g/mol. The van der Waals surface area contributed by atoms with E-state index in [-0.39, 0.29) is 6.61 Å². The molecule has 0 spiro atoms. The van der Waals surface area contributed by atoms with Gasteiger partial charge in [-0.25, -0.2) is 0 Å². The van der Waals surface area contributed by atoms with E-state index in [1.165, 1.54) is 5.56 Å². The Labute approximate surface area is 88.9 Å². The van der Waals surface area contributed by atoms with Crippen molar-refractivity contribution in [1.82, 2.24) is 4.90 Å². The minimum Gasteiger partial charge on any atom is -0.459 e. The molecule has 0 fully saturated rings. The van der Waals surface area contributed by atoms with Gasteiger partial charge in [0, 0.05) is 11.9 Å². The SMILES string of the molecule is CN(C)Cc1ccc2oc(CO)cc2c1. The molecule has 0 amide bonds. The first-order valence-corrected chi connectivity index (χ1v) is 4.96. The third-order valence-corrected chi connectivity index (χ3v) is 2.29. The molecule has 0 aliphatic carbocycles. The summed E-state index contributed by atoms with van der Waals surface area (Å²) in [5.74, 6) is 0.618. The lowest BCUT2D eigenvalue weighted by Crippen LogP contribution is -2.10. The summed E-state index contributed by atoms with van der Waals surface area (Å²) in [6.07, 6.45) is 0. The van der Waals surface area contributed by atoms with Gasteiger partial charge in [-0.2, -0.15) is 0 Å². The molecule has 2 rings (SSSR count). The fraction of sp³-hybridized carbons (Fsp3) is 0.333. The van der Waals surface area contributed by atoms with Crippen molar-refractivity contribution in [3.05, 3.63) is 35.6 Å². The summed E-state index contributed by atoms with van der Waals surface area (Å²) in [5, 5.41) is 10.0. The van der Waals surface area contributed by atoms with E-state index in [1.54, 1.807) is 0 Å². The van der Waals surface area contributed by atoms with Gasteiger partial charge >= 0.3 is 0 Å². The van der Waals surface area contributed by atoms with Gasteiger partial charge in [-0.1, -0.05) is 6.07 Å². The van der Waals surface area contributed by atoms with Crippen LogP contribution in [0.15, 0.2) is 28.7 Å². The molecule has 0 saturated carbocycles. The number of furan rings is 1. The Morgan fingerprint density at radius 3 is 2.73 bits per heavy atom. The van der Waals surface area contributed by atoms with Gasteiger partial charge in [-0.3, -0.25) is 0 Å². The van der Waals surface area contributed by atoms with Crippen molar-refractivity contribution in [2.45, 2.75) is 13.2 Å². The highest BCUT2D eigenvalue weighted by atomic mass is 16.4. The molecule has 1 heterocycles. The molecule has 0 unspecified atom stereocenters. The molecular weight excluding hydrogens is 190 g/mol. The molecule has 0 bridgehead atoms. The van der Waals surface area contributed by atoms with E-state index in [2.05, 4.69) is 11.0 Å². The fourth-order valence-corrected chi connectivity index (χ4v) is 1.69. The normalized spacial score (nSPS) is 11.5. The zero-order valence-electron chi connectivity index (χ0n) is 9.03. The van der Waals surface area contributed by atoms with E-state index in [0.717, 1.165) is 17.5 Å². The van der Waals surface area contributed by atoms with E-state index < -0.39 is 0 Å². The maximum atomic E-state index is 8.95. The minimum absolute atomic E-state index is 0.0440. The Balaban J connectivity index is 2.37. The van der Waals surface area contributed by atoms with Gasteiger partial charge in [0.2, 0.25) is 0 Å². The van der Waals surface area contributed by atoms with E-state index in [0.29, 0.717) is 5.76 Å². The molecule has 15 heavy (non-hydrogen) atoms. The maximum absolute atomic E-state index is 8.95. The monoisotopic (exact) mass is 205 g/mol. The Morgan fingerprint density at radius 2 is 2.07 bits per heavy atom. The Morgan fingerprint density at radius 1 is 1.27 bits per heavy atom. The van der Waals surface area contributed by atoms with Crippen LogP contribution in [0.5, 0.6) is 0 Å². The first-order chi connectivity index (χ1) is 7.19. The molecule has 2 aromatic rings. The average Bonchev–Trinajstić information content (AvgIpc) is 2.58. The van der Waals surface area contributed by atoms with Gasteiger partial charge in [0.25, 0.3) is 0 Å². The summed E-state index contributed by atoms with van der Waals surface area (Å²) in [6.45, 7) is 0.868. The summed E-state index contributed by atoms with van der Waals surface area (Å²) >= 11 is 0. The van der Waals surface area contributed by atoms with E-state index in [4.69, 9.17) is 9.52 Å². The van der Waals surface area contributed by atoms with Crippen LogP contribution in [0.3, 0.4) is 0 Å². The summed E-state index contributed by atoms with van der Waals surface area (Å²) in [6, 6.07) is 7.98. The van der Waals surface area contributed by atoms with Gasteiger partial charge in [-0.05, 0) is 37.9 Å². The molecule has 0 saturated heterocycles. The molecular formula is C12H15NO2. The molecule has 80 valence electrons. The lowest BCUT2D eigenvalue weighted by atomic mass is 10.1. The second kappa shape index (κ2) is 4.04. The number of rotatable bonds is 3. The van der Waals surface area contributed by atoms with Crippen LogP contribution in [-0.4, -0.2) is 24.1 Å². The van der Waals surface area contributed by atoms with Crippen molar-refractivity contribution in [2.24, 2.45) is 0 Å². The number of nitrogens with zero attached hydrogens (tertiary/aromatic N) is 1. The molecule has 3 nitrogen and oxygen atoms in total. The summed E-state index contributed by atoms with van der Waals surface area (Å²) in [4.78, 5) is 2.12. The van der Waals surface area contributed by atoms with Crippen molar-refractivity contribution in [3.63, 3.8) is 0 Å². The third-order valence-electron chi connectivity index (χ3n) is 2.29. The minimum atomic E-state index is -0.0440. The summed E-state index contributed by atoms with van der Waals surface area (Å²) in [5.41, 5.74) is 2.08. The van der Waals surface area contributed by atoms with Crippen molar-refractivity contribution >= 4 is 11.0 Å². The number of aliphatic hydroxyl groups excluding tert-OH is 1. The number of hydrogen-bond donors (Lipinski definition) is 1. The van der Waals surface area contributed by atoms with Crippen molar-refractivity contribution in [2.75, 3.05) is 14.1 Å². The van der Waals surface area contributed by atoms with E-state index in [1.807, 2.05) is 32.3 Å². The van der Waals surface area contributed by atoms with Crippen molar-refractivity contribution in [3.8, 4) is 0 Å². The summed E-state index contributed by atoms with van der Waals surface area (Å²) < 4.78 is 5.41. The molecule has 0 radical (unpaired) electrons. The van der Waals surface area contributed by atoms with Crippen LogP contribution in [0, 0.1) is 0 Å². The highest BCUT2D eigenvalue weighted by Crippen LogP contribution is 2.21. The predicted molar refractivity (Wildman–Crippen MR) is 59.5 cm³/mol. The van der Waals surface area contributed by atoms with Crippen LogP contribution < -0.4 is 0 Å². The topological polar surface area (TPSA) is 36.6 Å². The molecule has 3 heteroatoms. The van der Waals surface area contributed by atoms with Crippen LogP contribution in [0.25, 0.3) is 11.0 Å². The van der Waals surface area contributed by atoms with E-state index in [9.17, 15) is 0 Å². The van der Waals surface area contributed by atoms with Gasteiger partial charge in [-0.15, -0.1) is 0 Å². The van der Waals surface area contributed by atoms with Crippen LogP contribution >= 0.6 is 0 Å². The Bertz CT molecular complexity index is 460. The lowest BCUT2D eigenvalue weighted by molar-refractivity contribution is 0.251. The standard InChI is InChI=1S/C12H15NO2/c1-13(2)7-9-3-4-12-10(5-9)6-11(8-14)15-12/h3-6,14H,7-8H2,1-2H3. The summed E-state index contributed by atoms with van der Waals surface area (Å²) in [7, 11) is 4.08. The zero-order valence-corrected chi connectivity index (χ0v) is 9.03. The second-order valence-corrected chi connectivity index (χ2v) is 3.98. The van der Waals surface area contributed by atoms with Gasteiger partial charge in [0.05, 0.1) is 0 Å². The van der Waals surface area contributed by atoms with Crippen LogP contribution in [0.1, 0.15) is 11.3 Å². The largest absolute Gasteiger partial charge is 0.459 e. The van der Waals surface area contributed by atoms with Gasteiger partial charge < -0.3 is 14.4 Å². The van der Waals surface area contributed by atoms with Crippen LogP contribution in [-0.2, 0) is 13.2 Å². The number of fused-ring (bicyclic) bond motifs is 1. The number of aliphatic hydroxyl groups is 1. The van der Waals surface area contributed by atoms with E-state index >= 15 is 0 Å². The molecule has 0 aliphatic heterocycles. The number of hydrogen-bond acceptors (Lipinski definition) is 3. The van der Waals surface area contributed by atoms with Gasteiger partial charge in [0.1, 0.15) is 18.0 Å². The smallest absolute Gasteiger partial charge is 0.134 e. The molecule has 1 aromatic carbocycles. The zero-order chi connectivity index (χ0) is 10.8. The number of benzene rings is 1. The van der Waals surface area contributed by atoms with Gasteiger partial charge in [0.15, 0.2) is 0 Å². The highest BCUT2D eigenvalue weighted by Gasteiger charge is 2.03. The van der Waals surface area contributed by atoms with Crippen molar-refractivity contribution < 1.29 is 9.52 Å². The third kappa shape index (κ3) is 2.19. The first kappa shape index (κ1) is 10.2. The predicted octanol–water partition coefficient (Wildman–Crippen LogP) is 1.99. The van der Waals surface area contributed by atoms with Crippen LogP contribution in [0.4, 0.5) is 0 Å². The quantitative estimate of drug-likeness (QED) is 0.832. The Kier molecular flexibility index (Phi) is 2.75. The maximum Gasteiger partial charge on any atom is 0.134 e. The molecule has 0 aliphatic rings. The van der Waals surface area contributed by atoms with Crippen molar-refractivity contribution in [1.29, 1.82) is 0 Å². The first-order valence-electron chi connectivity index (χ1n) is 4.96. The second-order valence-electron chi connectivity index (χ2n) is 3.98. The molecule has 1 N–H and O–H groups in total. The Hall–Kier alpha value is -1.32.